The normalized spacial score (nSPS) is 13.0. The maximum absolute atomic E-state index is 10.6. The molecule has 0 atom stereocenters. The Morgan fingerprint density at radius 2 is 1.71 bits per heavy atom. The maximum atomic E-state index is 10.6. The van der Waals surface area contributed by atoms with E-state index in [0.717, 1.165) is 48.5 Å². The van der Waals surface area contributed by atoms with Crippen molar-refractivity contribution in [1.82, 2.24) is 29.8 Å². The van der Waals surface area contributed by atoms with Gasteiger partial charge < -0.3 is 24.5 Å². The summed E-state index contributed by atoms with van der Waals surface area (Å²) in [4.78, 5) is 31.6. The van der Waals surface area contributed by atoms with E-state index in [0.29, 0.717) is 18.1 Å². The van der Waals surface area contributed by atoms with Crippen LogP contribution in [0.2, 0.25) is 0 Å². The van der Waals surface area contributed by atoms with Gasteiger partial charge in [-0.1, -0.05) is 11.2 Å². The van der Waals surface area contributed by atoms with E-state index in [1.54, 1.807) is 0 Å². The lowest BCUT2D eigenvalue weighted by atomic mass is 9.95. The van der Waals surface area contributed by atoms with Crippen molar-refractivity contribution in [1.29, 1.82) is 0 Å². The van der Waals surface area contributed by atoms with Crippen molar-refractivity contribution in [3.63, 3.8) is 0 Å². The summed E-state index contributed by atoms with van der Waals surface area (Å²) in [5.74, 6) is -4.24. The molecule has 4 aromatic heterocycles. The summed E-state index contributed by atoms with van der Waals surface area (Å²) in [6.45, 7) is 3.81. The zero-order valence-corrected chi connectivity index (χ0v) is 21.1. The highest BCUT2D eigenvalue weighted by Gasteiger charge is 2.38. The fourth-order valence-electron chi connectivity index (χ4n) is 3.67. The van der Waals surface area contributed by atoms with Crippen molar-refractivity contribution in [2.45, 2.75) is 45.1 Å². The summed E-state index contributed by atoms with van der Waals surface area (Å²) in [6.07, 6.45) is -1.79. The zero-order chi connectivity index (χ0) is 30.4. The topological polar surface area (TPSA) is 156 Å². The van der Waals surface area contributed by atoms with Gasteiger partial charge in [0, 0.05) is 42.8 Å². The molecule has 3 N–H and O–H groups in total. The number of aromatic nitrogens is 5. The van der Waals surface area contributed by atoms with E-state index >= 15 is 0 Å². The molecule has 1 aliphatic rings. The van der Waals surface area contributed by atoms with Crippen LogP contribution < -0.4 is 5.32 Å². The van der Waals surface area contributed by atoms with Gasteiger partial charge in [0.15, 0.2) is 0 Å². The smallest absolute Gasteiger partial charge is 0.475 e. The second-order valence-corrected chi connectivity index (χ2v) is 8.47. The molecule has 0 amide bonds. The lowest BCUT2D eigenvalue weighted by Gasteiger charge is -2.19. The number of fused-ring (bicyclic) bond motifs is 2. The largest absolute Gasteiger partial charge is 0.490 e. The number of carboxylic acids is 2. The number of halogens is 6. The van der Waals surface area contributed by atoms with Gasteiger partial charge in [-0.3, -0.25) is 4.98 Å². The standard InChI is InChI=1S/C20H20N6O.2C2HF3O2/c1-13-19(16-7-8-21-10-14(16)11-22-13)20-24-18(27-25-20)6-5-15-12-26-9-3-2-4-17(26)23-15;2*3-2(4,5)1(6)7/h2-4,9,11-12,21H,5-8,10H2,1H3;2*(H,6,7). The Morgan fingerprint density at radius 3 is 2.32 bits per heavy atom. The van der Waals surface area contributed by atoms with Gasteiger partial charge in [-0.05, 0) is 49.6 Å². The Bertz CT molecular complexity index is 1460. The molecule has 0 bridgehead atoms. The predicted molar refractivity (Wildman–Crippen MR) is 128 cm³/mol. The van der Waals surface area contributed by atoms with Gasteiger partial charge in [0.1, 0.15) is 5.65 Å². The highest BCUT2D eigenvalue weighted by molar-refractivity contribution is 5.73. The minimum Gasteiger partial charge on any atom is -0.475 e. The zero-order valence-electron chi connectivity index (χ0n) is 21.1. The molecule has 11 nitrogen and oxygen atoms in total. The van der Waals surface area contributed by atoms with Crippen molar-refractivity contribution in [3.05, 3.63) is 65.2 Å². The number of aliphatic carboxylic acids is 2. The number of rotatable bonds is 4. The SMILES string of the molecule is Cc1ncc2c(c1-c1noc(CCc3cn4ccccc4n3)n1)CCNC2.O=C(O)C(F)(F)F.O=C(O)C(F)(F)F. The quantitative estimate of drug-likeness (QED) is 0.300. The van der Waals surface area contributed by atoms with Crippen LogP contribution in [0.5, 0.6) is 0 Å². The molecule has 0 saturated heterocycles. The van der Waals surface area contributed by atoms with E-state index in [1.165, 1.54) is 11.1 Å². The van der Waals surface area contributed by atoms with Crippen LogP contribution in [0, 0.1) is 6.92 Å². The second-order valence-electron chi connectivity index (χ2n) is 8.47. The third kappa shape index (κ3) is 8.47. The molecule has 0 aromatic carbocycles. The molecule has 220 valence electrons. The van der Waals surface area contributed by atoms with Gasteiger partial charge in [0.2, 0.25) is 11.7 Å². The Morgan fingerprint density at radius 1 is 1.05 bits per heavy atom. The molecule has 17 heteroatoms. The lowest BCUT2D eigenvalue weighted by molar-refractivity contribution is -0.193. The number of alkyl halides is 6. The third-order valence-corrected chi connectivity index (χ3v) is 5.52. The molecule has 1 aliphatic heterocycles. The Kier molecular flexibility index (Phi) is 9.64. The van der Waals surface area contributed by atoms with E-state index < -0.39 is 24.3 Å². The number of carboxylic acid groups (broad SMARTS) is 2. The molecule has 0 unspecified atom stereocenters. The summed E-state index contributed by atoms with van der Waals surface area (Å²) in [7, 11) is 0. The average Bonchev–Trinajstić information content (AvgIpc) is 3.53. The molecule has 41 heavy (non-hydrogen) atoms. The monoisotopic (exact) mass is 588 g/mol. The minimum absolute atomic E-state index is 0.632. The van der Waals surface area contributed by atoms with Gasteiger partial charge in [-0.15, -0.1) is 0 Å². The highest BCUT2D eigenvalue weighted by atomic mass is 19.4. The van der Waals surface area contributed by atoms with Crippen molar-refractivity contribution < 1.29 is 50.7 Å². The molecular formula is C24H22F6N6O5. The first-order valence-electron chi connectivity index (χ1n) is 11.7. The molecule has 4 aromatic rings. The van der Waals surface area contributed by atoms with Crippen LogP contribution in [-0.4, -0.2) is 65.6 Å². The number of aryl methyl sites for hydroxylation is 3. The van der Waals surface area contributed by atoms with E-state index in [9.17, 15) is 26.3 Å². The van der Waals surface area contributed by atoms with Gasteiger partial charge in [-0.2, -0.15) is 31.3 Å². The molecule has 5 heterocycles. The third-order valence-electron chi connectivity index (χ3n) is 5.52. The summed E-state index contributed by atoms with van der Waals surface area (Å²) in [5, 5.41) is 21.9. The van der Waals surface area contributed by atoms with Gasteiger partial charge >= 0.3 is 24.3 Å². The van der Waals surface area contributed by atoms with Gasteiger partial charge in [0.25, 0.3) is 0 Å². The van der Waals surface area contributed by atoms with Crippen molar-refractivity contribution in [2.75, 3.05) is 6.54 Å². The van der Waals surface area contributed by atoms with Crippen molar-refractivity contribution >= 4 is 17.6 Å². The lowest BCUT2D eigenvalue weighted by Crippen LogP contribution is -2.24. The van der Waals surface area contributed by atoms with Crippen LogP contribution in [0.15, 0.2) is 41.3 Å². The summed E-state index contributed by atoms with van der Waals surface area (Å²) >= 11 is 0. The molecule has 0 spiro atoms. The fraction of sp³-hybridized carbons (Fsp3) is 0.333. The van der Waals surface area contributed by atoms with Crippen molar-refractivity contribution in [3.8, 4) is 11.4 Å². The number of nitrogens with zero attached hydrogens (tertiary/aromatic N) is 5. The Labute approximate surface area is 226 Å². The van der Waals surface area contributed by atoms with Crippen LogP contribution in [0.4, 0.5) is 26.3 Å². The maximum Gasteiger partial charge on any atom is 0.490 e. The number of hydrogen-bond donors (Lipinski definition) is 3. The number of pyridine rings is 2. The first-order chi connectivity index (χ1) is 19.2. The number of carbonyl (C=O) groups is 2. The first kappa shape index (κ1) is 31.0. The molecule has 0 saturated carbocycles. The fourth-order valence-corrected chi connectivity index (χ4v) is 3.67. The predicted octanol–water partition coefficient (Wildman–Crippen LogP) is 3.79. The minimum atomic E-state index is -5.08. The van der Waals surface area contributed by atoms with E-state index in [2.05, 4.69) is 25.4 Å². The van der Waals surface area contributed by atoms with Crippen LogP contribution in [0.3, 0.4) is 0 Å². The second kappa shape index (κ2) is 12.8. The van der Waals surface area contributed by atoms with Crippen LogP contribution in [-0.2, 0) is 35.4 Å². The molecule has 0 radical (unpaired) electrons. The van der Waals surface area contributed by atoms with Gasteiger partial charge in [-0.25, -0.2) is 14.6 Å². The average molecular weight is 588 g/mol. The summed E-state index contributed by atoms with van der Waals surface area (Å²) < 4.78 is 71.0. The van der Waals surface area contributed by atoms with Gasteiger partial charge in [0.05, 0.1) is 5.69 Å². The summed E-state index contributed by atoms with van der Waals surface area (Å²) in [5.41, 5.74) is 6.44. The molecule has 0 aliphatic carbocycles. The highest BCUT2D eigenvalue weighted by Crippen LogP contribution is 2.28. The van der Waals surface area contributed by atoms with Crippen LogP contribution in [0.1, 0.15) is 28.4 Å². The molecular weight excluding hydrogens is 566 g/mol. The van der Waals surface area contributed by atoms with E-state index in [4.69, 9.17) is 24.3 Å². The number of imidazole rings is 1. The number of nitrogens with one attached hydrogen (secondary N) is 1. The Balaban J connectivity index is 0.000000276. The van der Waals surface area contributed by atoms with Crippen LogP contribution >= 0.6 is 0 Å². The molecule has 0 fully saturated rings. The first-order valence-corrected chi connectivity index (χ1v) is 11.7. The summed E-state index contributed by atoms with van der Waals surface area (Å²) in [6, 6.07) is 5.98. The van der Waals surface area contributed by atoms with E-state index in [1.807, 2.05) is 48.1 Å². The van der Waals surface area contributed by atoms with E-state index in [-0.39, 0.29) is 0 Å². The molecule has 5 rings (SSSR count). The Hall–Kier alpha value is -4.54. The van der Waals surface area contributed by atoms with Crippen molar-refractivity contribution in [2.24, 2.45) is 0 Å². The van der Waals surface area contributed by atoms with Crippen LogP contribution in [0.25, 0.3) is 17.0 Å². The number of hydrogen-bond acceptors (Lipinski definition) is 8.